The fourth-order valence-electron chi connectivity index (χ4n) is 2.88. The molecule has 0 saturated heterocycles. The number of nitrogens with zero attached hydrogens (tertiary/aromatic N) is 1. The molecule has 1 saturated carbocycles. The van der Waals surface area contributed by atoms with E-state index in [4.69, 9.17) is 0 Å². The van der Waals surface area contributed by atoms with E-state index in [0.717, 1.165) is 17.7 Å². The quantitative estimate of drug-likeness (QED) is 0.887. The van der Waals surface area contributed by atoms with Gasteiger partial charge in [0.15, 0.2) is 11.6 Å². The number of hydrogen-bond acceptors (Lipinski definition) is 3. The molecule has 1 amide bonds. The molecule has 25 heavy (non-hydrogen) atoms. The Morgan fingerprint density at radius 1 is 1.32 bits per heavy atom. The molecule has 132 valence electrons. The Morgan fingerprint density at radius 3 is 2.40 bits per heavy atom. The summed E-state index contributed by atoms with van der Waals surface area (Å²) in [5, 5.41) is 10.8. The second-order valence-electron chi connectivity index (χ2n) is 5.94. The fraction of sp³-hybridized carbons (Fsp3) is 0.312. The molecule has 1 aromatic carbocycles. The van der Waals surface area contributed by atoms with Gasteiger partial charge in [0.2, 0.25) is 11.3 Å². The van der Waals surface area contributed by atoms with Gasteiger partial charge in [0, 0.05) is 25.1 Å². The molecule has 6 nitrogen and oxygen atoms in total. The van der Waals surface area contributed by atoms with Crippen molar-refractivity contribution in [3.05, 3.63) is 39.2 Å². The number of alkyl halides is 1. The molecule has 2 aromatic rings. The van der Waals surface area contributed by atoms with Gasteiger partial charge in [0.05, 0.1) is 22.6 Å². The van der Waals surface area contributed by atoms with Gasteiger partial charge in [-0.1, -0.05) is 0 Å². The van der Waals surface area contributed by atoms with Crippen molar-refractivity contribution in [3.63, 3.8) is 0 Å². The number of carboxylic acid groups (broad SMARTS) is 1. The van der Waals surface area contributed by atoms with Crippen LogP contribution in [0.1, 0.15) is 35.3 Å². The molecule has 0 aliphatic heterocycles. The molecule has 1 aliphatic carbocycles. The average Bonchev–Trinajstić information content (AvgIpc) is 3.25. The number of carbonyl (C=O) groups is 2. The third-order valence-corrected chi connectivity index (χ3v) is 4.15. The second kappa shape index (κ2) is 5.61. The number of aromatic nitrogens is 1. The van der Waals surface area contributed by atoms with Gasteiger partial charge >= 0.3 is 5.97 Å². The van der Waals surface area contributed by atoms with Crippen molar-refractivity contribution in [2.24, 2.45) is 0 Å². The molecule has 0 bridgehead atoms. The number of hydrogen-bond donors (Lipinski definition) is 2. The van der Waals surface area contributed by atoms with Crippen LogP contribution in [0.3, 0.4) is 0 Å². The predicted molar refractivity (Wildman–Crippen MR) is 82.7 cm³/mol. The Kier molecular flexibility index (Phi) is 3.81. The zero-order valence-corrected chi connectivity index (χ0v) is 13.2. The monoisotopic (exact) mass is 354 g/mol. The second-order valence-corrected chi connectivity index (χ2v) is 5.94. The SMILES string of the molecule is CC(=O)Nc1c(F)c(F)c(C)c2c1c(=O)c(C(=O)O)cn2C1CC1F. The fourth-order valence-corrected chi connectivity index (χ4v) is 2.88. The minimum Gasteiger partial charge on any atom is -0.477 e. The Hall–Kier alpha value is -2.84. The van der Waals surface area contributed by atoms with Gasteiger partial charge in [0.1, 0.15) is 11.7 Å². The summed E-state index contributed by atoms with van der Waals surface area (Å²) in [6, 6.07) is -0.782. The van der Waals surface area contributed by atoms with Crippen molar-refractivity contribution in [1.82, 2.24) is 4.57 Å². The van der Waals surface area contributed by atoms with Crippen molar-refractivity contribution >= 4 is 28.5 Å². The van der Waals surface area contributed by atoms with Crippen LogP contribution in [0, 0.1) is 18.6 Å². The molecular formula is C16H13F3N2O4. The number of carboxylic acids is 1. The number of nitrogens with one attached hydrogen (secondary N) is 1. The van der Waals surface area contributed by atoms with E-state index in [0.29, 0.717) is 0 Å². The van der Waals surface area contributed by atoms with Gasteiger partial charge in [-0.3, -0.25) is 9.59 Å². The number of carbonyl (C=O) groups excluding carboxylic acids is 1. The maximum atomic E-state index is 14.3. The summed E-state index contributed by atoms with van der Waals surface area (Å²) in [6.07, 6.45) is -0.298. The highest BCUT2D eigenvalue weighted by molar-refractivity contribution is 6.04. The van der Waals surface area contributed by atoms with Crippen LogP contribution in [0.15, 0.2) is 11.0 Å². The Morgan fingerprint density at radius 2 is 1.92 bits per heavy atom. The molecule has 3 rings (SSSR count). The number of anilines is 1. The highest BCUT2D eigenvalue weighted by Gasteiger charge is 2.41. The first-order chi connectivity index (χ1) is 11.6. The van der Waals surface area contributed by atoms with Crippen LogP contribution >= 0.6 is 0 Å². The van der Waals surface area contributed by atoms with Crippen LogP contribution in [0.25, 0.3) is 10.9 Å². The summed E-state index contributed by atoms with van der Waals surface area (Å²) >= 11 is 0. The molecule has 0 spiro atoms. The first-order valence-corrected chi connectivity index (χ1v) is 7.36. The molecular weight excluding hydrogens is 341 g/mol. The van der Waals surface area contributed by atoms with Crippen LogP contribution in [0.2, 0.25) is 0 Å². The summed E-state index contributed by atoms with van der Waals surface area (Å²) in [6.45, 7) is 2.23. The summed E-state index contributed by atoms with van der Waals surface area (Å²) < 4.78 is 43.3. The highest BCUT2D eigenvalue weighted by Crippen LogP contribution is 2.42. The summed E-state index contributed by atoms with van der Waals surface area (Å²) in [5.74, 6) is -5.14. The summed E-state index contributed by atoms with van der Waals surface area (Å²) in [4.78, 5) is 35.2. The van der Waals surface area contributed by atoms with Gasteiger partial charge in [-0.25, -0.2) is 18.0 Å². The predicted octanol–water partition coefficient (Wildman–Crippen LogP) is 2.53. The van der Waals surface area contributed by atoms with Crippen molar-refractivity contribution < 1.29 is 27.9 Å². The number of rotatable bonds is 3. The number of halogens is 3. The van der Waals surface area contributed by atoms with Gasteiger partial charge in [-0.15, -0.1) is 0 Å². The number of aryl methyl sites for hydroxylation is 1. The van der Waals surface area contributed by atoms with Crippen molar-refractivity contribution in [3.8, 4) is 0 Å². The van der Waals surface area contributed by atoms with Crippen LogP contribution in [-0.2, 0) is 4.79 Å². The molecule has 0 radical (unpaired) electrons. The zero-order valence-electron chi connectivity index (χ0n) is 13.2. The lowest BCUT2D eigenvalue weighted by Crippen LogP contribution is -2.23. The molecule has 2 N–H and O–H groups in total. The van der Waals surface area contributed by atoms with E-state index >= 15 is 0 Å². The van der Waals surface area contributed by atoms with Gasteiger partial charge < -0.3 is 15.0 Å². The van der Waals surface area contributed by atoms with Crippen LogP contribution in [0.5, 0.6) is 0 Å². The first kappa shape index (κ1) is 17.0. The summed E-state index contributed by atoms with van der Waals surface area (Å²) in [5.41, 5.74) is -2.95. The standard InChI is InChI=1S/C16H13F3N2O4/c1-5-11(18)12(19)13(20-6(2)22)10-14(5)21(9-3-8(9)17)4-7(15(10)23)16(24)25/h4,8-9H,3H2,1-2H3,(H,20,22)(H,24,25). The number of fused-ring (bicyclic) bond motifs is 1. The molecule has 1 aliphatic rings. The van der Waals surface area contributed by atoms with Crippen LogP contribution in [-0.4, -0.2) is 27.7 Å². The third-order valence-electron chi connectivity index (χ3n) is 4.15. The topological polar surface area (TPSA) is 88.4 Å². The Labute approximate surface area is 138 Å². The van der Waals surface area contributed by atoms with Crippen molar-refractivity contribution in [1.29, 1.82) is 0 Å². The van der Waals surface area contributed by atoms with Gasteiger partial charge in [-0.05, 0) is 6.92 Å². The minimum atomic E-state index is -1.59. The van der Waals surface area contributed by atoms with E-state index in [2.05, 4.69) is 0 Å². The molecule has 1 heterocycles. The van der Waals surface area contributed by atoms with Crippen molar-refractivity contribution in [2.75, 3.05) is 5.32 Å². The maximum Gasteiger partial charge on any atom is 0.341 e. The van der Waals surface area contributed by atoms with Crippen LogP contribution in [0.4, 0.5) is 18.9 Å². The van der Waals surface area contributed by atoms with Gasteiger partial charge in [-0.2, -0.15) is 0 Å². The van der Waals surface area contributed by atoms with E-state index in [9.17, 15) is 32.7 Å². The number of amides is 1. The van der Waals surface area contributed by atoms with Crippen LogP contribution < -0.4 is 10.7 Å². The lowest BCUT2D eigenvalue weighted by atomic mass is 10.0. The smallest absolute Gasteiger partial charge is 0.341 e. The minimum absolute atomic E-state index is 0.0605. The van der Waals surface area contributed by atoms with E-state index < -0.39 is 57.8 Å². The highest BCUT2D eigenvalue weighted by atomic mass is 19.2. The lowest BCUT2D eigenvalue weighted by Gasteiger charge is -2.18. The maximum absolute atomic E-state index is 14.3. The third kappa shape index (κ3) is 2.55. The normalized spacial score (nSPS) is 19.1. The van der Waals surface area contributed by atoms with Crippen molar-refractivity contribution in [2.45, 2.75) is 32.5 Å². The summed E-state index contributed by atoms with van der Waals surface area (Å²) in [7, 11) is 0. The average molecular weight is 354 g/mol. The van der Waals surface area contributed by atoms with E-state index in [1.807, 2.05) is 5.32 Å². The zero-order chi connectivity index (χ0) is 18.6. The molecule has 2 atom stereocenters. The Balaban J connectivity index is 2.55. The number of pyridine rings is 1. The van der Waals surface area contributed by atoms with E-state index in [1.54, 1.807) is 0 Å². The molecule has 9 heteroatoms. The van der Waals surface area contributed by atoms with Gasteiger partial charge in [0.25, 0.3) is 0 Å². The molecule has 2 unspecified atom stereocenters. The first-order valence-electron chi connectivity index (χ1n) is 7.36. The molecule has 1 aromatic heterocycles. The lowest BCUT2D eigenvalue weighted by molar-refractivity contribution is -0.114. The van der Waals surface area contributed by atoms with E-state index in [-0.39, 0.29) is 17.5 Å². The molecule has 1 fully saturated rings. The van der Waals surface area contributed by atoms with E-state index in [1.165, 1.54) is 6.92 Å². The largest absolute Gasteiger partial charge is 0.477 e. The number of aromatic carboxylic acids is 1. The number of benzene rings is 1. The Bertz CT molecular complexity index is 1000.